The van der Waals surface area contributed by atoms with Crippen molar-refractivity contribution in [1.29, 1.82) is 0 Å². The Morgan fingerprint density at radius 1 is 1.39 bits per heavy atom. The van der Waals surface area contributed by atoms with Crippen molar-refractivity contribution >= 4 is 22.4 Å². The van der Waals surface area contributed by atoms with Gasteiger partial charge in [-0.3, -0.25) is 14.8 Å². The van der Waals surface area contributed by atoms with Crippen LogP contribution >= 0.6 is 11.3 Å². The van der Waals surface area contributed by atoms with Crippen LogP contribution in [0.25, 0.3) is 11.3 Å². The fourth-order valence-electron chi connectivity index (χ4n) is 3.59. The van der Waals surface area contributed by atoms with E-state index in [0.717, 1.165) is 36.2 Å². The van der Waals surface area contributed by atoms with Gasteiger partial charge in [0, 0.05) is 29.2 Å². The number of thiazole rings is 1. The minimum Gasteiger partial charge on any atom is -0.350 e. The number of nitrogens with zero attached hydrogens (tertiary/aromatic N) is 4. The lowest BCUT2D eigenvalue weighted by Crippen LogP contribution is -2.26. The van der Waals surface area contributed by atoms with Crippen molar-refractivity contribution in [2.75, 3.05) is 5.32 Å². The first-order chi connectivity index (χ1) is 13.2. The lowest BCUT2D eigenvalue weighted by Gasteiger charge is -2.33. The Balaban J connectivity index is 1.48. The standard InChI is InChI=1S/C20H25N5O2S/c1-11-13(10-21-25(11)5)15-9-16(27-24-15)18(26)23-19-22-14-7-6-12(20(2,3)4)8-17(14)28-19/h9-10,12H,6-8H2,1-5H3,(H,22,23,26)/t12-/m0/s1. The molecule has 148 valence electrons. The number of fused-ring (bicyclic) bond motifs is 1. The van der Waals surface area contributed by atoms with Crippen LogP contribution in [-0.2, 0) is 19.9 Å². The summed E-state index contributed by atoms with van der Waals surface area (Å²) < 4.78 is 7.02. The smallest absolute Gasteiger partial charge is 0.296 e. The van der Waals surface area contributed by atoms with Crippen LogP contribution in [0.2, 0.25) is 0 Å². The molecule has 3 aromatic rings. The summed E-state index contributed by atoms with van der Waals surface area (Å²) in [5, 5.41) is 11.7. The molecule has 0 radical (unpaired) electrons. The molecule has 3 aromatic heterocycles. The summed E-state index contributed by atoms with van der Waals surface area (Å²) in [4.78, 5) is 18.5. The van der Waals surface area contributed by atoms with Crippen LogP contribution in [0.3, 0.4) is 0 Å². The summed E-state index contributed by atoms with van der Waals surface area (Å²) in [5.74, 6) is 0.473. The van der Waals surface area contributed by atoms with Gasteiger partial charge >= 0.3 is 0 Å². The lowest BCUT2D eigenvalue weighted by molar-refractivity contribution is 0.0988. The van der Waals surface area contributed by atoms with Gasteiger partial charge in [0.05, 0.1) is 11.9 Å². The van der Waals surface area contributed by atoms with E-state index in [1.807, 2.05) is 14.0 Å². The number of nitrogens with one attached hydrogen (secondary N) is 1. The summed E-state index contributed by atoms with van der Waals surface area (Å²) in [5.41, 5.74) is 3.81. The first-order valence-corrected chi connectivity index (χ1v) is 10.3. The second kappa shape index (κ2) is 6.84. The molecular weight excluding hydrogens is 374 g/mol. The molecule has 0 bridgehead atoms. The van der Waals surface area contributed by atoms with Gasteiger partial charge in [-0.2, -0.15) is 5.10 Å². The molecule has 4 rings (SSSR count). The van der Waals surface area contributed by atoms with Crippen molar-refractivity contribution in [3.05, 3.63) is 34.3 Å². The quantitative estimate of drug-likeness (QED) is 0.712. The van der Waals surface area contributed by atoms with Gasteiger partial charge in [0.2, 0.25) is 5.76 Å². The molecule has 28 heavy (non-hydrogen) atoms. The van der Waals surface area contributed by atoms with Gasteiger partial charge in [-0.1, -0.05) is 25.9 Å². The third-order valence-corrected chi connectivity index (χ3v) is 6.67. The molecule has 1 aliphatic carbocycles. The molecule has 0 spiro atoms. The number of amides is 1. The van der Waals surface area contributed by atoms with Gasteiger partial charge in [0.25, 0.3) is 5.91 Å². The highest BCUT2D eigenvalue weighted by atomic mass is 32.1. The summed E-state index contributed by atoms with van der Waals surface area (Å²) >= 11 is 1.57. The molecule has 1 atom stereocenters. The molecular formula is C20H25N5O2S. The van der Waals surface area contributed by atoms with Gasteiger partial charge in [0.1, 0.15) is 5.69 Å². The van der Waals surface area contributed by atoms with Gasteiger partial charge in [-0.15, -0.1) is 11.3 Å². The van der Waals surface area contributed by atoms with Crippen LogP contribution in [0.4, 0.5) is 5.13 Å². The average molecular weight is 400 g/mol. The molecule has 3 heterocycles. The number of hydrogen-bond acceptors (Lipinski definition) is 6. The minimum absolute atomic E-state index is 0.166. The number of anilines is 1. The summed E-state index contributed by atoms with van der Waals surface area (Å²) in [7, 11) is 1.86. The normalized spacial score (nSPS) is 16.8. The number of carbonyl (C=O) groups is 1. The van der Waals surface area contributed by atoms with Gasteiger partial charge < -0.3 is 4.52 Å². The molecule has 1 N–H and O–H groups in total. The number of aryl methyl sites for hydroxylation is 2. The summed E-state index contributed by atoms with van der Waals surface area (Å²) in [6.07, 6.45) is 4.86. The van der Waals surface area contributed by atoms with E-state index in [9.17, 15) is 4.79 Å². The van der Waals surface area contributed by atoms with Crippen molar-refractivity contribution in [3.8, 4) is 11.3 Å². The zero-order valence-electron chi connectivity index (χ0n) is 16.9. The molecule has 1 amide bonds. The van der Waals surface area contributed by atoms with Crippen LogP contribution in [0, 0.1) is 18.3 Å². The zero-order chi connectivity index (χ0) is 20.1. The second-order valence-corrected chi connectivity index (χ2v) is 9.58. The monoisotopic (exact) mass is 399 g/mol. The first-order valence-electron chi connectivity index (χ1n) is 9.48. The Morgan fingerprint density at radius 2 is 2.18 bits per heavy atom. The Kier molecular flexibility index (Phi) is 4.61. The van der Waals surface area contributed by atoms with Crippen molar-refractivity contribution in [2.45, 2.75) is 47.0 Å². The Labute approximate surface area is 168 Å². The fourth-order valence-corrected chi connectivity index (χ4v) is 4.67. The van der Waals surface area contributed by atoms with E-state index >= 15 is 0 Å². The molecule has 0 fully saturated rings. The minimum atomic E-state index is -0.334. The van der Waals surface area contributed by atoms with Crippen LogP contribution in [0.5, 0.6) is 0 Å². The van der Waals surface area contributed by atoms with Gasteiger partial charge in [0.15, 0.2) is 5.13 Å². The molecule has 0 aromatic carbocycles. The number of aromatic nitrogens is 4. The molecule has 0 saturated heterocycles. The molecule has 0 aliphatic heterocycles. The predicted molar refractivity (Wildman–Crippen MR) is 108 cm³/mol. The van der Waals surface area contributed by atoms with E-state index in [4.69, 9.17) is 4.52 Å². The largest absolute Gasteiger partial charge is 0.350 e. The number of carbonyl (C=O) groups excluding carboxylic acids is 1. The number of rotatable bonds is 3. The third-order valence-electron chi connectivity index (χ3n) is 5.63. The van der Waals surface area contributed by atoms with Crippen LogP contribution in [0.15, 0.2) is 16.8 Å². The van der Waals surface area contributed by atoms with Crippen molar-refractivity contribution in [3.63, 3.8) is 0 Å². The van der Waals surface area contributed by atoms with Gasteiger partial charge in [-0.05, 0) is 37.5 Å². The predicted octanol–water partition coefficient (Wildman–Crippen LogP) is 4.24. The maximum atomic E-state index is 12.6. The Morgan fingerprint density at radius 3 is 2.86 bits per heavy atom. The molecule has 7 nitrogen and oxygen atoms in total. The second-order valence-electron chi connectivity index (χ2n) is 8.49. The summed E-state index contributed by atoms with van der Waals surface area (Å²) in [6.45, 7) is 8.81. The van der Waals surface area contributed by atoms with Crippen LogP contribution < -0.4 is 5.32 Å². The van der Waals surface area contributed by atoms with E-state index in [0.29, 0.717) is 16.7 Å². The Hall–Kier alpha value is -2.48. The SMILES string of the molecule is Cc1c(-c2cc(C(=O)Nc3nc4c(s3)C[C@@H](C(C)(C)C)CC4)on2)cnn1C. The zero-order valence-corrected chi connectivity index (χ0v) is 17.7. The molecule has 1 aliphatic rings. The van der Waals surface area contributed by atoms with E-state index in [2.05, 4.69) is 41.3 Å². The molecule has 8 heteroatoms. The maximum absolute atomic E-state index is 12.6. The molecule has 0 unspecified atom stereocenters. The highest BCUT2D eigenvalue weighted by molar-refractivity contribution is 7.15. The van der Waals surface area contributed by atoms with E-state index in [1.54, 1.807) is 28.3 Å². The Bertz CT molecular complexity index is 1020. The first kappa shape index (κ1) is 18.9. The maximum Gasteiger partial charge on any atom is 0.296 e. The fraction of sp³-hybridized carbons (Fsp3) is 0.500. The van der Waals surface area contributed by atoms with Crippen molar-refractivity contribution in [1.82, 2.24) is 19.9 Å². The number of hydrogen-bond donors (Lipinski definition) is 1. The van der Waals surface area contributed by atoms with Crippen LogP contribution in [-0.4, -0.2) is 25.8 Å². The average Bonchev–Trinajstić information content (AvgIpc) is 3.33. The van der Waals surface area contributed by atoms with E-state index < -0.39 is 0 Å². The van der Waals surface area contributed by atoms with Crippen molar-refractivity contribution in [2.24, 2.45) is 18.4 Å². The summed E-state index contributed by atoms with van der Waals surface area (Å²) in [6, 6.07) is 1.64. The van der Waals surface area contributed by atoms with E-state index in [1.165, 1.54) is 4.88 Å². The van der Waals surface area contributed by atoms with Gasteiger partial charge in [-0.25, -0.2) is 4.98 Å². The van der Waals surface area contributed by atoms with Crippen molar-refractivity contribution < 1.29 is 9.32 Å². The van der Waals surface area contributed by atoms with E-state index in [-0.39, 0.29) is 17.1 Å². The van der Waals surface area contributed by atoms with Crippen LogP contribution in [0.1, 0.15) is 54.0 Å². The topological polar surface area (TPSA) is 85.8 Å². The highest BCUT2D eigenvalue weighted by Gasteiger charge is 2.31. The highest BCUT2D eigenvalue weighted by Crippen LogP contribution is 2.40. The molecule has 0 saturated carbocycles. The lowest BCUT2D eigenvalue weighted by atomic mass is 9.73. The third kappa shape index (κ3) is 3.48.